The summed E-state index contributed by atoms with van der Waals surface area (Å²) in [5.41, 5.74) is 8.02. The fourth-order valence-corrected chi connectivity index (χ4v) is 29.6. The molecule has 6 aliphatic heterocycles. The number of amides is 3. The summed E-state index contributed by atoms with van der Waals surface area (Å²) in [6.07, 6.45) is 11.2. The second kappa shape index (κ2) is 29.6. The smallest absolute Gasteiger partial charge is 0.409 e. The molecule has 6 saturated heterocycles. The van der Waals surface area contributed by atoms with Crippen LogP contribution in [-0.4, -0.2) is 150 Å². The molecule has 6 aliphatic rings. The molecule has 100 heavy (non-hydrogen) atoms. The fraction of sp³-hybridized carbons (Fsp3) is 0.615. The van der Waals surface area contributed by atoms with Gasteiger partial charge >= 0.3 is 17.8 Å². The van der Waals surface area contributed by atoms with Gasteiger partial charge in [0.05, 0.1) is 33.6 Å². The first-order valence-electron chi connectivity index (χ1n) is 37.4. The van der Waals surface area contributed by atoms with E-state index in [-0.39, 0.29) is 94.2 Å². The Hall–Kier alpha value is -7.25. The van der Waals surface area contributed by atoms with Gasteiger partial charge in [-0.05, 0) is 183 Å². The van der Waals surface area contributed by atoms with Gasteiger partial charge in [0.1, 0.15) is 55.9 Å². The molecule has 0 aliphatic carbocycles. The number of likely N-dealkylation sites (tertiary alicyclic amines) is 2. The average Bonchev–Trinajstić information content (AvgIpc) is 1.07. The number of anilines is 1. The van der Waals surface area contributed by atoms with Crippen LogP contribution in [0.2, 0.25) is 33.2 Å². The van der Waals surface area contributed by atoms with Gasteiger partial charge in [-0.2, -0.15) is 15.2 Å². The largest absolute Gasteiger partial charge is 0.543 e. The standard InChI is InChI=1S/C78H105F2N11O7Si2/c1-48(2)99(49(3)4,50(5)6)39-29-61-64(79)19-17-58-40-60(98-100(51(7)8,52(9)10)53(11)12)42-62(69(58)61)71-70(80)72-63(44-82-71)73(88-32-14-16-54(43-81)24-36-88)85-75(84-72)97-47-78-30-15-33-90(78)59(23-31-78)46-96-77(95)89-37-25-55(26-38-89)45-87-34-27-56(28-35-87)57-18-20-65-67(41-57)86(13)76(94)91(65)66-21-22-68(92)83-74(66)93/h17-20,40-42,44,48-56,59,66H,14-16,21-28,30-38,45-47H2,1-13H3,(H,83,92,93)/t54?,59-,66?,78-/m0/s1. The van der Waals surface area contributed by atoms with E-state index in [1.54, 1.807) is 23.9 Å². The van der Waals surface area contributed by atoms with E-state index in [1.165, 1.54) is 16.2 Å². The van der Waals surface area contributed by atoms with Crippen LogP contribution in [0.1, 0.15) is 190 Å². The topological polar surface area (TPSA) is 193 Å². The molecule has 0 bridgehead atoms. The summed E-state index contributed by atoms with van der Waals surface area (Å²) in [5, 5.41) is 14.0. The van der Waals surface area contributed by atoms with Gasteiger partial charge in [0.25, 0.3) is 8.32 Å². The number of carbonyl (C=O) groups excluding carboxylic acids is 3. The van der Waals surface area contributed by atoms with E-state index in [1.807, 2.05) is 23.1 Å². The van der Waals surface area contributed by atoms with Gasteiger partial charge in [-0.25, -0.2) is 18.4 Å². The molecule has 0 spiro atoms. The minimum Gasteiger partial charge on any atom is -0.543 e. The molecule has 6 aromatic rings. The summed E-state index contributed by atoms with van der Waals surface area (Å²) in [6.45, 7) is 33.5. The second-order valence-corrected chi connectivity index (χ2v) is 42.8. The molecule has 18 nitrogen and oxygen atoms in total. The number of ether oxygens (including phenoxy) is 2. The van der Waals surface area contributed by atoms with Crippen molar-refractivity contribution in [3.8, 4) is 40.6 Å². The van der Waals surface area contributed by atoms with Gasteiger partial charge in [-0.15, -0.1) is 5.54 Å². The van der Waals surface area contributed by atoms with Gasteiger partial charge in [0, 0.05) is 75.3 Å². The highest BCUT2D eigenvalue weighted by Crippen LogP contribution is 2.48. The number of fused-ring (bicyclic) bond motifs is 4. The summed E-state index contributed by atoms with van der Waals surface area (Å²) in [5.74, 6) is 3.30. The third kappa shape index (κ3) is 13.7. The lowest BCUT2D eigenvalue weighted by Gasteiger charge is -2.42. The van der Waals surface area contributed by atoms with E-state index in [2.05, 4.69) is 133 Å². The molecule has 22 heteroatoms. The molecule has 3 amide bonds. The zero-order valence-corrected chi connectivity index (χ0v) is 63.3. The Morgan fingerprint density at radius 1 is 0.770 bits per heavy atom. The summed E-state index contributed by atoms with van der Waals surface area (Å²) >= 11 is 0. The van der Waals surface area contributed by atoms with Crippen molar-refractivity contribution in [1.82, 2.24) is 44.1 Å². The quantitative estimate of drug-likeness (QED) is 0.0457. The Labute approximate surface area is 591 Å². The van der Waals surface area contributed by atoms with Gasteiger partial charge in [-0.3, -0.25) is 33.9 Å². The summed E-state index contributed by atoms with van der Waals surface area (Å²) < 4.78 is 59.2. The maximum absolute atomic E-state index is 18.7. The molecular formula is C78H105F2N11O7Si2. The number of carbonyl (C=O) groups is 3. The molecule has 3 aromatic carbocycles. The van der Waals surface area contributed by atoms with Crippen LogP contribution in [0.25, 0.3) is 44.0 Å². The van der Waals surface area contributed by atoms with Crippen LogP contribution < -0.4 is 25.1 Å². The van der Waals surface area contributed by atoms with Crippen LogP contribution in [0.4, 0.5) is 19.4 Å². The minimum absolute atomic E-state index is 0.00306. The van der Waals surface area contributed by atoms with Crippen molar-refractivity contribution >= 4 is 72.8 Å². The number of aryl methyl sites for hydroxylation is 1. The Kier molecular flexibility index (Phi) is 21.5. The summed E-state index contributed by atoms with van der Waals surface area (Å²) in [6, 6.07) is 15.0. The number of imide groups is 1. The summed E-state index contributed by atoms with van der Waals surface area (Å²) in [7, 11) is -3.23. The van der Waals surface area contributed by atoms with Crippen LogP contribution in [0.5, 0.6) is 11.8 Å². The fourth-order valence-electron chi connectivity index (χ4n) is 19.1. The number of hydrogen-bond acceptors (Lipinski definition) is 14. The highest BCUT2D eigenvalue weighted by molar-refractivity contribution is 6.90. The Morgan fingerprint density at radius 2 is 1.49 bits per heavy atom. The number of nitriles is 1. The summed E-state index contributed by atoms with van der Waals surface area (Å²) in [4.78, 5) is 76.0. The van der Waals surface area contributed by atoms with E-state index in [0.29, 0.717) is 106 Å². The number of imidazole rings is 1. The maximum atomic E-state index is 18.7. The molecular weight excluding hydrogens is 1300 g/mol. The molecule has 0 radical (unpaired) electrons. The van der Waals surface area contributed by atoms with Crippen LogP contribution in [0.15, 0.2) is 53.5 Å². The van der Waals surface area contributed by atoms with Gasteiger partial charge in [0.15, 0.2) is 5.82 Å². The van der Waals surface area contributed by atoms with Crippen LogP contribution in [0.3, 0.4) is 0 Å². The van der Waals surface area contributed by atoms with Crippen LogP contribution >= 0.6 is 0 Å². The predicted molar refractivity (Wildman–Crippen MR) is 395 cm³/mol. The van der Waals surface area contributed by atoms with Crippen LogP contribution in [0, 0.1) is 46.3 Å². The molecule has 4 atom stereocenters. The minimum atomic E-state index is -2.58. The van der Waals surface area contributed by atoms with Gasteiger partial charge in [0.2, 0.25) is 11.8 Å². The molecule has 1 N–H and O–H groups in total. The lowest BCUT2D eigenvalue weighted by Crippen LogP contribution is -2.50. The Morgan fingerprint density at radius 3 is 2.17 bits per heavy atom. The zero-order valence-electron chi connectivity index (χ0n) is 61.3. The first-order valence-corrected chi connectivity index (χ1v) is 41.7. The van der Waals surface area contributed by atoms with Gasteiger partial charge in [-0.1, -0.05) is 101 Å². The van der Waals surface area contributed by atoms with Crippen molar-refractivity contribution < 1.29 is 37.1 Å². The maximum Gasteiger partial charge on any atom is 0.409 e. The van der Waals surface area contributed by atoms with Crippen molar-refractivity contribution in [2.45, 2.75) is 223 Å². The molecule has 0 saturated carbocycles. The van der Waals surface area contributed by atoms with Crippen molar-refractivity contribution in [3.63, 3.8) is 0 Å². The first-order chi connectivity index (χ1) is 47.8. The number of hydrogen-bond donors (Lipinski definition) is 1. The Balaban J connectivity index is 0.750. The number of nitrogens with one attached hydrogen (secondary N) is 1. The highest BCUT2D eigenvalue weighted by Gasteiger charge is 2.51. The number of benzene rings is 3. The molecule has 6 fully saturated rings. The third-order valence-corrected chi connectivity index (χ3v) is 36.7. The second-order valence-electron chi connectivity index (χ2n) is 31.8. The third-order valence-electron chi connectivity index (χ3n) is 24.4. The molecule has 9 heterocycles. The van der Waals surface area contributed by atoms with E-state index < -0.39 is 40.0 Å². The van der Waals surface area contributed by atoms with E-state index >= 15 is 8.78 Å². The number of piperidine rings is 3. The monoisotopic (exact) mass is 1400 g/mol. The van der Waals surface area contributed by atoms with E-state index in [4.69, 9.17) is 28.9 Å². The number of aromatic nitrogens is 5. The molecule has 2 unspecified atom stereocenters. The Bertz CT molecular complexity index is 4190. The first kappa shape index (κ1) is 72.5. The van der Waals surface area contributed by atoms with Crippen molar-refractivity contribution in [2.75, 3.05) is 70.5 Å². The van der Waals surface area contributed by atoms with E-state index in [0.717, 1.165) is 95.9 Å². The van der Waals surface area contributed by atoms with Crippen LogP contribution in [-0.2, 0) is 21.4 Å². The average molecular weight is 1400 g/mol. The van der Waals surface area contributed by atoms with Gasteiger partial charge < -0.3 is 28.6 Å². The lowest BCUT2D eigenvalue weighted by atomic mass is 9.88. The number of nitrogens with zero attached hydrogens (tertiary/aromatic N) is 10. The number of rotatable bonds is 19. The van der Waals surface area contributed by atoms with Crippen molar-refractivity contribution in [1.29, 1.82) is 5.26 Å². The van der Waals surface area contributed by atoms with E-state index in [9.17, 15) is 24.4 Å². The lowest BCUT2D eigenvalue weighted by molar-refractivity contribution is -0.135. The zero-order chi connectivity index (χ0) is 71.3. The SMILES string of the molecule is CC(C)[Si](C#Cc1c(F)ccc2cc(O[Si](C(C)C)(C(C)C)C(C)C)cc(-c3ncc4c(N5CCCC(C#N)CC5)nc(OC[C@@]56CCCN5[C@H](COC(=O)N5CCC(CN7CCC(c8ccc9c(c8)n(C)c(=O)n9C8CCC(=O)NC8=O)CC7)CC5)CC6)nc4c3F)c12)(C(C)C)C(C)C. The number of pyridine rings is 1. The predicted octanol–water partition coefficient (Wildman–Crippen LogP) is 15.1. The normalized spacial score (nSPS) is 21.9. The van der Waals surface area contributed by atoms with Crippen molar-refractivity contribution in [2.24, 2.45) is 18.9 Å². The molecule has 3 aromatic heterocycles. The number of halogens is 2. The molecule has 536 valence electrons. The highest BCUT2D eigenvalue weighted by atomic mass is 28.4. The molecule has 12 rings (SSSR count). The van der Waals surface area contributed by atoms with Crippen molar-refractivity contribution in [3.05, 3.63) is 81.9 Å².